The average Bonchev–Trinajstić information content (AvgIpc) is 3.18. The van der Waals surface area contributed by atoms with E-state index >= 15 is 0 Å². The predicted molar refractivity (Wildman–Crippen MR) is 119 cm³/mol. The molecule has 0 spiro atoms. The zero-order valence-electron chi connectivity index (χ0n) is 16.7. The molecule has 3 rings (SSSR count). The van der Waals surface area contributed by atoms with Crippen LogP contribution in [0.15, 0.2) is 55.1 Å². The van der Waals surface area contributed by atoms with Gasteiger partial charge in [-0.3, -0.25) is 9.59 Å². The Labute approximate surface area is 180 Å². The highest BCUT2D eigenvalue weighted by Gasteiger charge is 2.22. The second kappa shape index (κ2) is 9.98. The second-order valence-electron chi connectivity index (χ2n) is 6.65. The monoisotopic (exact) mass is 426 g/mol. The second-order valence-corrected chi connectivity index (χ2v) is 7.05. The maximum atomic E-state index is 12.4. The number of anilines is 2. The summed E-state index contributed by atoms with van der Waals surface area (Å²) in [5, 5.41) is 3.16. The minimum atomic E-state index is -0.340. The molecular weight excluding hydrogens is 404 g/mol. The number of hydrogen-bond donors (Lipinski definition) is 1. The number of amides is 2. The molecule has 1 fully saturated rings. The number of benzene rings is 2. The Morgan fingerprint density at radius 1 is 1.27 bits per heavy atom. The molecule has 7 heteroatoms. The van der Waals surface area contributed by atoms with E-state index in [4.69, 9.17) is 21.1 Å². The summed E-state index contributed by atoms with van der Waals surface area (Å²) in [7, 11) is 1.55. The van der Waals surface area contributed by atoms with E-state index in [0.29, 0.717) is 41.8 Å². The van der Waals surface area contributed by atoms with Gasteiger partial charge in [-0.25, -0.2) is 0 Å². The van der Waals surface area contributed by atoms with E-state index in [0.717, 1.165) is 17.7 Å². The molecule has 0 aliphatic carbocycles. The first-order chi connectivity index (χ1) is 14.5. The molecule has 30 heavy (non-hydrogen) atoms. The first-order valence-corrected chi connectivity index (χ1v) is 9.90. The normalized spacial score (nSPS) is 13.5. The number of rotatable bonds is 8. The van der Waals surface area contributed by atoms with Crippen molar-refractivity contribution in [2.45, 2.75) is 12.8 Å². The third-order valence-electron chi connectivity index (χ3n) is 4.56. The molecule has 1 aliphatic rings. The summed E-state index contributed by atoms with van der Waals surface area (Å²) in [6, 6.07) is 10.5. The summed E-state index contributed by atoms with van der Waals surface area (Å²) in [6.45, 7) is 4.66. The lowest BCUT2D eigenvalue weighted by molar-refractivity contribution is -0.117. The van der Waals surface area contributed by atoms with Crippen molar-refractivity contribution in [3.05, 3.63) is 65.7 Å². The van der Waals surface area contributed by atoms with Crippen LogP contribution in [0.2, 0.25) is 5.02 Å². The Kier molecular flexibility index (Phi) is 7.14. The lowest BCUT2D eigenvalue weighted by atomic mass is 10.2. The van der Waals surface area contributed by atoms with Crippen LogP contribution in [-0.2, 0) is 9.59 Å². The fourth-order valence-corrected chi connectivity index (χ4v) is 3.26. The van der Waals surface area contributed by atoms with Crippen LogP contribution < -0.4 is 19.7 Å². The van der Waals surface area contributed by atoms with Crippen LogP contribution in [0.1, 0.15) is 18.4 Å². The van der Waals surface area contributed by atoms with Gasteiger partial charge in [0.05, 0.1) is 17.8 Å². The summed E-state index contributed by atoms with van der Waals surface area (Å²) in [5.41, 5.74) is 1.95. The molecule has 0 saturated carbocycles. The summed E-state index contributed by atoms with van der Waals surface area (Å²) in [4.78, 5) is 26.0. The fraction of sp³-hybridized carbons (Fsp3) is 0.217. The highest BCUT2D eigenvalue weighted by molar-refractivity contribution is 6.34. The summed E-state index contributed by atoms with van der Waals surface area (Å²) >= 11 is 6.22. The number of nitrogens with zero attached hydrogens (tertiary/aromatic N) is 1. The molecule has 2 amide bonds. The Morgan fingerprint density at radius 2 is 2.10 bits per heavy atom. The van der Waals surface area contributed by atoms with E-state index < -0.39 is 0 Å². The molecule has 0 unspecified atom stereocenters. The highest BCUT2D eigenvalue weighted by Crippen LogP contribution is 2.30. The Morgan fingerprint density at radius 3 is 2.80 bits per heavy atom. The maximum absolute atomic E-state index is 12.4. The van der Waals surface area contributed by atoms with Crippen LogP contribution in [0.25, 0.3) is 6.08 Å². The van der Waals surface area contributed by atoms with Crippen LogP contribution in [0.3, 0.4) is 0 Å². The van der Waals surface area contributed by atoms with Crippen LogP contribution in [0, 0.1) is 0 Å². The molecule has 0 radical (unpaired) electrons. The molecule has 2 aromatic carbocycles. The molecular formula is C23H23ClN2O4. The van der Waals surface area contributed by atoms with Gasteiger partial charge in [0.25, 0.3) is 0 Å². The van der Waals surface area contributed by atoms with E-state index in [9.17, 15) is 9.59 Å². The van der Waals surface area contributed by atoms with E-state index in [1.54, 1.807) is 54.5 Å². The zero-order valence-corrected chi connectivity index (χ0v) is 17.4. The van der Waals surface area contributed by atoms with Crippen molar-refractivity contribution in [1.82, 2.24) is 0 Å². The minimum Gasteiger partial charge on any atom is -0.493 e. The predicted octanol–water partition coefficient (Wildman–Crippen LogP) is 4.69. The smallest absolute Gasteiger partial charge is 0.248 e. The van der Waals surface area contributed by atoms with Gasteiger partial charge in [0.15, 0.2) is 11.5 Å². The molecule has 6 nitrogen and oxygen atoms in total. The number of ether oxygens (including phenoxy) is 2. The van der Waals surface area contributed by atoms with Crippen molar-refractivity contribution in [3.8, 4) is 11.5 Å². The third-order valence-corrected chi connectivity index (χ3v) is 4.89. The van der Waals surface area contributed by atoms with Crippen LogP contribution in [-0.4, -0.2) is 32.1 Å². The largest absolute Gasteiger partial charge is 0.493 e. The first-order valence-electron chi connectivity index (χ1n) is 9.52. The van der Waals surface area contributed by atoms with Gasteiger partial charge in [-0.1, -0.05) is 30.3 Å². The van der Waals surface area contributed by atoms with E-state index in [1.165, 1.54) is 6.08 Å². The number of halogens is 1. The Bertz CT molecular complexity index is 987. The third kappa shape index (κ3) is 5.21. The SMILES string of the molecule is C=CCOc1ccc(/C=C/C(=O)Nc2cc(N3CCCC3=O)ccc2Cl)cc1OC. The molecule has 0 atom stereocenters. The standard InChI is InChI=1S/C23H23ClN2O4/c1-3-13-30-20-10-6-16(14-21(20)29-2)7-11-22(27)25-19-15-17(8-9-18(19)24)26-12-4-5-23(26)28/h3,6-11,14-15H,1,4-5,12-13H2,2H3,(H,25,27)/b11-7+. The van der Waals surface area contributed by atoms with Crippen molar-refractivity contribution in [2.75, 3.05) is 30.5 Å². The molecule has 0 aromatic heterocycles. The molecule has 1 N–H and O–H groups in total. The average molecular weight is 427 g/mol. The quantitative estimate of drug-likeness (QED) is 0.491. The van der Waals surface area contributed by atoms with Gasteiger partial charge >= 0.3 is 0 Å². The van der Waals surface area contributed by atoms with Gasteiger partial charge in [0, 0.05) is 24.7 Å². The van der Waals surface area contributed by atoms with Crippen molar-refractivity contribution in [1.29, 1.82) is 0 Å². The van der Waals surface area contributed by atoms with Crippen molar-refractivity contribution < 1.29 is 19.1 Å². The minimum absolute atomic E-state index is 0.0731. The van der Waals surface area contributed by atoms with Crippen LogP contribution in [0.5, 0.6) is 11.5 Å². The number of nitrogens with one attached hydrogen (secondary N) is 1. The van der Waals surface area contributed by atoms with Gasteiger partial charge in [-0.05, 0) is 48.4 Å². The van der Waals surface area contributed by atoms with Gasteiger partial charge < -0.3 is 19.7 Å². The Balaban J connectivity index is 1.70. The molecule has 1 saturated heterocycles. The van der Waals surface area contributed by atoms with Crippen molar-refractivity contribution >= 4 is 40.9 Å². The van der Waals surface area contributed by atoms with Crippen LogP contribution in [0.4, 0.5) is 11.4 Å². The number of hydrogen-bond acceptors (Lipinski definition) is 4. The van der Waals surface area contributed by atoms with Crippen LogP contribution >= 0.6 is 11.6 Å². The first kappa shape index (κ1) is 21.5. The lowest BCUT2D eigenvalue weighted by Crippen LogP contribution is -2.23. The van der Waals surface area contributed by atoms with Gasteiger partial charge in [0.1, 0.15) is 6.61 Å². The van der Waals surface area contributed by atoms with Crippen molar-refractivity contribution in [3.63, 3.8) is 0 Å². The number of carbonyl (C=O) groups is 2. The highest BCUT2D eigenvalue weighted by atomic mass is 35.5. The van der Waals surface area contributed by atoms with E-state index in [1.807, 2.05) is 6.07 Å². The molecule has 0 bridgehead atoms. The Hall–Kier alpha value is -3.25. The molecule has 156 valence electrons. The lowest BCUT2D eigenvalue weighted by Gasteiger charge is -2.17. The summed E-state index contributed by atoms with van der Waals surface area (Å²) in [6.07, 6.45) is 6.08. The number of methoxy groups -OCH3 is 1. The zero-order chi connectivity index (χ0) is 21.5. The van der Waals surface area contributed by atoms with Crippen molar-refractivity contribution in [2.24, 2.45) is 0 Å². The summed E-state index contributed by atoms with van der Waals surface area (Å²) < 4.78 is 10.9. The topological polar surface area (TPSA) is 67.9 Å². The van der Waals surface area contributed by atoms with E-state index in [2.05, 4.69) is 11.9 Å². The summed E-state index contributed by atoms with van der Waals surface area (Å²) in [5.74, 6) is 0.890. The van der Waals surface area contributed by atoms with E-state index in [-0.39, 0.29) is 11.8 Å². The van der Waals surface area contributed by atoms with Gasteiger partial charge in [-0.15, -0.1) is 0 Å². The van der Waals surface area contributed by atoms with Gasteiger partial charge in [0.2, 0.25) is 11.8 Å². The van der Waals surface area contributed by atoms with Gasteiger partial charge in [-0.2, -0.15) is 0 Å². The molecule has 1 heterocycles. The fourth-order valence-electron chi connectivity index (χ4n) is 3.10. The molecule has 2 aromatic rings. The molecule has 1 aliphatic heterocycles. The number of carbonyl (C=O) groups excluding carboxylic acids is 2. The maximum Gasteiger partial charge on any atom is 0.248 e.